The first kappa shape index (κ1) is 18.2. The van der Waals surface area contributed by atoms with E-state index in [9.17, 15) is 4.79 Å². The molecule has 0 heterocycles. The van der Waals surface area contributed by atoms with Crippen LogP contribution in [0, 0.1) is 11.3 Å². The molecule has 2 aromatic carbocycles. The number of nitriles is 1. The van der Waals surface area contributed by atoms with Crippen molar-refractivity contribution in [2.75, 3.05) is 6.61 Å². The van der Waals surface area contributed by atoms with Crippen molar-refractivity contribution in [2.24, 2.45) is 5.16 Å². The van der Waals surface area contributed by atoms with Gasteiger partial charge in [-0.1, -0.05) is 41.6 Å². The molecule has 2 rings (SSSR count). The molecule has 0 aliphatic rings. The molecule has 0 saturated heterocycles. The largest absolute Gasteiger partial charge is 0.552 e. The van der Waals surface area contributed by atoms with Gasteiger partial charge in [0.1, 0.15) is 17.6 Å². The van der Waals surface area contributed by atoms with Gasteiger partial charge in [0.25, 0.3) is 5.71 Å². The van der Waals surface area contributed by atoms with Gasteiger partial charge in [0.2, 0.25) is 0 Å². The van der Waals surface area contributed by atoms with E-state index in [4.69, 9.17) is 23.7 Å². The van der Waals surface area contributed by atoms with Crippen LogP contribution in [-0.4, -0.2) is 18.3 Å². The second-order valence-electron chi connectivity index (χ2n) is 4.39. The quantitative estimate of drug-likeness (QED) is 0.308. The van der Waals surface area contributed by atoms with Crippen LogP contribution in [0.25, 0.3) is 0 Å². The number of ether oxygens (including phenoxy) is 1. The monoisotopic (exact) mass is 358 g/mol. The molecular weight excluding hydrogens is 343 g/mol. The summed E-state index contributed by atoms with van der Waals surface area (Å²) in [5.41, 5.74) is -0.525. The molecule has 0 atom stereocenters. The van der Waals surface area contributed by atoms with Crippen LogP contribution in [0.1, 0.15) is 6.92 Å². The number of carbonyl (C=O) groups is 1. The Balaban J connectivity index is 2.13. The number of hydrogen-bond acceptors (Lipinski definition) is 7. The molecule has 0 fully saturated rings. The molecule has 7 nitrogen and oxygen atoms in total. The van der Waals surface area contributed by atoms with E-state index in [2.05, 4.69) is 5.16 Å². The molecule has 128 valence electrons. The molecule has 0 radical (unpaired) electrons. The number of esters is 1. The van der Waals surface area contributed by atoms with Gasteiger partial charge in [-0.25, -0.2) is 4.79 Å². The summed E-state index contributed by atoms with van der Waals surface area (Å²) in [6.45, 7) is 1.74. The Kier molecular flexibility index (Phi) is 7.23. The predicted molar refractivity (Wildman–Crippen MR) is 91.8 cm³/mol. The third-order valence-electron chi connectivity index (χ3n) is 2.62. The third kappa shape index (κ3) is 6.13. The van der Waals surface area contributed by atoms with E-state index >= 15 is 0 Å². The van der Waals surface area contributed by atoms with Crippen LogP contribution in [0.4, 0.5) is 0 Å². The third-order valence-corrected chi connectivity index (χ3v) is 3.55. The number of rotatable bonds is 8. The molecule has 0 spiro atoms. The molecule has 0 aromatic heterocycles. The van der Waals surface area contributed by atoms with Gasteiger partial charge in [-0.05, 0) is 31.2 Å². The van der Waals surface area contributed by atoms with E-state index in [-0.39, 0.29) is 6.61 Å². The van der Waals surface area contributed by atoms with Gasteiger partial charge in [0.05, 0.1) is 6.61 Å². The van der Waals surface area contributed by atoms with E-state index in [1.807, 2.05) is 12.1 Å². The van der Waals surface area contributed by atoms with Gasteiger partial charge < -0.3 is 13.8 Å². The highest BCUT2D eigenvalue weighted by molar-refractivity contribution is 7.42. The van der Waals surface area contributed by atoms with Crippen molar-refractivity contribution in [3.63, 3.8) is 0 Å². The van der Waals surface area contributed by atoms with Crippen LogP contribution < -0.4 is 9.05 Å². The summed E-state index contributed by atoms with van der Waals surface area (Å²) >= 11 is 0. The van der Waals surface area contributed by atoms with Crippen molar-refractivity contribution >= 4 is 20.3 Å². The van der Waals surface area contributed by atoms with E-state index in [0.717, 1.165) is 0 Å². The summed E-state index contributed by atoms with van der Waals surface area (Å²) in [6.07, 6.45) is 0. The van der Waals surface area contributed by atoms with Crippen molar-refractivity contribution in [1.29, 1.82) is 5.26 Å². The molecule has 0 N–H and O–H groups in total. The fourth-order valence-electron chi connectivity index (χ4n) is 1.56. The molecule has 2 aromatic rings. The fraction of sp³-hybridized carbons (Fsp3) is 0.118. The molecule has 0 amide bonds. The maximum atomic E-state index is 11.6. The highest BCUT2D eigenvalue weighted by atomic mass is 31.2. The Bertz CT molecular complexity index is 705. The summed E-state index contributed by atoms with van der Waals surface area (Å²) < 4.78 is 21.1. The van der Waals surface area contributed by atoms with Crippen LogP contribution in [0.2, 0.25) is 0 Å². The summed E-state index contributed by atoms with van der Waals surface area (Å²) in [7, 11) is -2.03. The second kappa shape index (κ2) is 9.91. The van der Waals surface area contributed by atoms with Gasteiger partial charge in [0.15, 0.2) is 0 Å². The van der Waals surface area contributed by atoms with E-state index in [1.54, 1.807) is 61.5 Å². The Hall–Kier alpha value is -3.10. The Labute approximate surface area is 146 Å². The van der Waals surface area contributed by atoms with Crippen molar-refractivity contribution in [2.45, 2.75) is 6.92 Å². The molecular formula is C17H15N2O5P. The lowest BCUT2D eigenvalue weighted by atomic mass is 10.3. The van der Waals surface area contributed by atoms with E-state index in [1.165, 1.54) is 0 Å². The molecule has 25 heavy (non-hydrogen) atoms. The number of hydrogen-bond donors (Lipinski definition) is 0. The minimum atomic E-state index is -2.03. The first-order valence-electron chi connectivity index (χ1n) is 7.31. The van der Waals surface area contributed by atoms with Crippen LogP contribution in [0.15, 0.2) is 65.8 Å². The predicted octanol–water partition coefficient (Wildman–Crippen LogP) is 3.83. The maximum Gasteiger partial charge on any atom is 0.552 e. The van der Waals surface area contributed by atoms with Crippen LogP contribution in [-0.2, 0) is 14.2 Å². The van der Waals surface area contributed by atoms with Crippen molar-refractivity contribution in [3.05, 3.63) is 60.7 Å². The summed E-state index contributed by atoms with van der Waals surface area (Å²) in [5.74, 6) is 0.114. The molecule has 0 bridgehead atoms. The number of oxime groups is 1. The Morgan fingerprint density at radius 2 is 1.56 bits per heavy atom. The maximum absolute atomic E-state index is 11.6. The number of para-hydroxylation sites is 2. The Morgan fingerprint density at radius 3 is 2.00 bits per heavy atom. The van der Waals surface area contributed by atoms with E-state index < -0.39 is 20.3 Å². The summed E-state index contributed by atoms with van der Waals surface area (Å²) in [5, 5.41) is 12.5. The average molecular weight is 358 g/mol. The second-order valence-corrected chi connectivity index (χ2v) is 5.36. The zero-order valence-corrected chi connectivity index (χ0v) is 14.3. The molecule has 0 unspecified atom stereocenters. The first-order chi connectivity index (χ1) is 12.2. The molecule has 0 aliphatic heterocycles. The van der Waals surface area contributed by atoms with Crippen molar-refractivity contribution < 1.29 is 23.2 Å². The number of benzene rings is 2. The van der Waals surface area contributed by atoms with Crippen LogP contribution in [0.3, 0.4) is 0 Å². The molecule has 0 aliphatic carbocycles. The number of nitrogens with zero attached hydrogens (tertiary/aromatic N) is 2. The molecule has 8 heteroatoms. The van der Waals surface area contributed by atoms with Crippen LogP contribution >= 0.6 is 8.60 Å². The highest BCUT2D eigenvalue weighted by Crippen LogP contribution is 2.41. The van der Waals surface area contributed by atoms with Crippen molar-refractivity contribution in [3.8, 4) is 17.6 Å². The highest BCUT2D eigenvalue weighted by Gasteiger charge is 2.21. The SMILES string of the molecule is CCOC(=O)/C(C#N)=N/OP(Oc1ccccc1)Oc1ccccc1. The minimum Gasteiger partial charge on any atom is -0.461 e. The van der Waals surface area contributed by atoms with E-state index in [0.29, 0.717) is 11.5 Å². The Morgan fingerprint density at radius 1 is 1.04 bits per heavy atom. The fourth-order valence-corrected chi connectivity index (χ4v) is 2.40. The smallest absolute Gasteiger partial charge is 0.461 e. The van der Waals surface area contributed by atoms with Crippen LogP contribution in [0.5, 0.6) is 11.5 Å². The average Bonchev–Trinajstić information content (AvgIpc) is 2.64. The van der Waals surface area contributed by atoms with Gasteiger partial charge in [-0.2, -0.15) is 5.26 Å². The lowest BCUT2D eigenvalue weighted by Gasteiger charge is -2.14. The zero-order chi connectivity index (χ0) is 17.9. The lowest BCUT2D eigenvalue weighted by Crippen LogP contribution is -2.16. The zero-order valence-electron chi connectivity index (χ0n) is 13.4. The minimum absolute atomic E-state index is 0.120. The normalized spacial score (nSPS) is 10.7. The van der Waals surface area contributed by atoms with Gasteiger partial charge >= 0.3 is 14.6 Å². The topological polar surface area (TPSA) is 90.1 Å². The number of carbonyl (C=O) groups excluding carboxylic acids is 1. The summed E-state index contributed by atoms with van der Waals surface area (Å²) in [4.78, 5) is 11.6. The lowest BCUT2D eigenvalue weighted by molar-refractivity contribution is -0.135. The standard InChI is InChI=1S/C17H15N2O5P/c1-2-21-17(20)16(13-18)19-24-25(22-14-9-5-3-6-10-14)23-15-11-7-4-8-12-15/h3-12H,2H2,1H3/b19-16+. The van der Waals surface area contributed by atoms with Gasteiger partial charge in [0, 0.05) is 0 Å². The summed E-state index contributed by atoms with van der Waals surface area (Å²) in [6, 6.07) is 19.3. The molecule has 0 saturated carbocycles. The van der Waals surface area contributed by atoms with Gasteiger partial charge in [-0.3, -0.25) is 4.62 Å². The van der Waals surface area contributed by atoms with Crippen molar-refractivity contribution in [1.82, 2.24) is 0 Å². The first-order valence-corrected chi connectivity index (χ1v) is 8.41. The van der Waals surface area contributed by atoms with Gasteiger partial charge in [-0.15, -0.1) is 0 Å².